The molecule has 0 radical (unpaired) electrons. The molecule has 0 aliphatic carbocycles. The molecule has 17 heavy (non-hydrogen) atoms. The number of rotatable bonds is 3. The van der Waals surface area contributed by atoms with Crippen molar-refractivity contribution < 1.29 is 0 Å². The number of nitrogens with zero attached hydrogens (tertiary/aromatic N) is 1. The maximum Gasteiger partial charge on any atom is 0.0239 e. The summed E-state index contributed by atoms with van der Waals surface area (Å²) in [5.41, 5.74) is 8.33. The maximum atomic E-state index is 5.69. The molecule has 0 unspecified atom stereocenters. The number of likely N-dealkylation sites (tertiary alicyclic amines) is 1. The van der Waals surface area contributed by atoms with Crippen LogP contribution in [0.3, 0.4) is 0 Å². The summed E-state index contributed by atoms with van der Waals surface area (Å²) in [4.78, 5) is 2.62. The van der Waals surface area contributed by atoms with Gasteiger partial charge < -0.3 is 5.73 Å². The molecule has 2 atom stereocenters. The van der Waals surface area contributed by atoms with Crippen LogP contribution in [0.15, 0.2) is 24.3 Å². The Morgan fingerprint density at radius 2 is 1.82 bits per heavy atom. The topological polar surface area (TPSA) is 29.3 Å². The van der Waals surface area contributed by atoms with Crippen molar-refractivity contribution in [2.24, 2.45) is 5.73 Å². The fraction of sp³-hybridized carbons (Fsp3) is 0.600. The third-order valence-electron chi connectivity index (χ3n) is 3.97. The highest BCUT2D eigenvalue weighted by Crippen LogP contribution is 2.24. The third-order valence-corrected chi connectivity index (χ3v) is 3.97. The molecule has 2 heteroatoms. The second-order valence-corrected chi connectivity index (χ2v) is 5.33. The van der Waals surface area contributed by atoms with Gasteiger partial charge in [-0.1, -0.05) is 30.7 Å². The Morgan fingerprint density at radius 3 is 2.47 bits per heavy atom. The summed E-state index contributed by atoms with van der Waals surface area (Å²) < 4.78 is 0. The van der Waals surface area contributed by atoms with E-state index in [9.17, 15) is 0 Å². The Hall–Kier alpha value is -0.860. The number of benzene rings is 1. The molecule has 1 aliphatic rings. The first-order valence-electron chi connectivity index (χ1n) is 6.74. The minimum absolute atomic E-state index is 0.638. The minimum atomic E-state index is 0.638. The van der Waals surface area contributed by atoms with Crippen molar-refractivity contribution in [3.05, 3.63) is 35.4 Å². The van der Waals surface area contributed by atoms with Crippen molar-refractivity contribution in [2.45, 2.75) is 58.3 Å². The molecule has 0 amide bonds. The van der Waals surface area contributed by atoms with E-state index in [1.165, 1.54) is 30.4 Å². The van der Waals surface area contributed by atoms with Crippen LogP contribution in [-0.4, -0.2) is 17.0 Å². The fourth-order valence-electron chi connectivity index (χ4n) is 2.85. The van der Waals surface area contributed by atoms with Crippen molar-refractivity contribution >= 4 is 0 Å². The molecule has 0 saturated carbocycles. The molecule has 1 heterocycles. The van der Waals surface area contributed by atoms with Gasteiger partial charge in [-0.3, -0.25) is 4.90 Å². The van der Waals surface area contributed by atoms with Gasteiger partial charge in [0.15, 0.2) is 0 Å². The van der Waals surface area contributed by atoms with Crippen LogP contribution in [-0.2, 0) is 13.1 Å². The molecular formula is C15H24N2. The molecule has 1 saturated heterocycles. The average Bonchev–Trinajstić information content (AvgIpc) is 2.34. The van der Waals surface area contributed by atoms with Crippen LogP contribution in [0.2, 0.25) is 0 Å². The van der Waals surface area contributed by atoms with E-state index in [-0.39, 0.29) is 0 Å². The number of piperidine rings is 1. The molecule has 1 fully saturated rings. The SMILES string of the molecule is C[C@@H]1CCC[C@H](C)N1Cc1cccc(CN)c1. The van der Waals surface area contributed by atoms with Crippen molar-refractivity contribution in [3.8, 4) is 0 Å². The van der Waals surface area contributed by atoms with Gasteiger partial charge >= 0.3 is 0 Å². The van der Waals surface area contributed by atoms with Crippen molar-refractivity contribution in [1.29, 1.82) is 0 Å². The standard InChI is InChI=1S/C15H24N2/c1-12-5-3-6-13(2)17(12)11-15-8-4-7-14(9-15)10-16/h4,7-9,12-13H,3,5-6,10-11,16H2,1-2H3/t12-,13+. The van der Waals surface area contributed by atoms with E-state index in [1.54, 1.807) is 0 Å². The number of hydrogen-bond acceptors (Lipinski definition) is 2. The molecule has 2 nitrogen and oxygen atoms in total. The highest BCUT2D eigenvalue weighted by molar-refractivity contribution is 5.23. The Morgan fingerprint density at radius 1 is 1.18 bits per heavy atom. The Balaban J connectivity index is 2.07. The lowest BCUT2D eigenvalue weighted by Gasteiger charge is -2.39. The monoisotopic (exact) mass is 232 g/mol. The van der Waals surface area contributed by atoms with Gasteiger partial charge in [0.1, 0.15) is 0 Å². The first-order valence-corrected chi connectivity index (χ1v) is 6.74. The second kappa shape index (κ2) is 5.65. The Kier molecular flexibility index (Phi) is 4.19. The van der Waals surface area contributed by atoms with Crippen LogP contribution in [0, 0.1) is 0 Å². The van der Waals surface area contributed by atoms with E-state index in [0.29, 0.717) is 18.6 Å². The number of hydrogen-bond donors (Lipinski definition) is 1. The highest BCUT2D eigenvalue weighted by atomic mass is 15.2. The molecule has 0 spiro atoms. The van der Waals surface area contributed by atoms with Gasteiger partial charge in [-0.05, 0) is 37.8 Å². The zero-order valence-corrected chi connectivity index (χ0v) is 11.0. The Bertz CT molecular complexity index is 352. The van der Waals surface area contributed by atoms with Gasteiger partial charge in [0.2, 0.25) is 0 Å². The molecule has 1 aromatic carbocycles. The zero-order chi connectivity index (χ0) is 12.3. The van der Waals surface area contributed by atoms with Crippen LogP contribution >= 0.6 is 0 Å². The molecule has 94 valence electrons. The van der Waals surface area contributed by atoms with Gasteiger partial charge in [-0.15, -0.1) is 0 Å². The maximum absolute atomic E-state index is 5.69. The van der Waals surface area contributed by atoms with Gasteiger partial charge in [0, 0.05) is 25.2 Å². The largest absolute Gasteiger partial charge is 0.326 e. The summed E-state index contributed by atoms with van der Waals surface area (Å²) in [6.45, 7) is 6.40. The molecule has 0 aromatic heterocycles. The minimum Gasteiger partial charge on any atom is -0.326 e. The van der Waals surface area contributed by atoms with Crippen LogP contribution in [0.1, 0.15) is 44.2 Å². The van der Waals surface area contributed by atoms with Gasteiger partial charge in [0.25, 0.3) is 0 Å². The fourth-order valence-corrected chi connectivity index (χ4v) is 2.85. The summed E-state index contributed by atoms with van der Waals surface area (Å²) in [5, 5.41) is 0. The molecule has 0 bridgehead atoms. The molecule has 2 rings (SSSR count). The summed E-state index contributed by atoms with van der Waals surface area (Å²) >= 11 is 0. The highest BCUT2D eigenvalue weighted by Gasteiger charge is 2.24. The van der Waals surface area contributed by atoms with E-state index >= 15 is 0 Å². The Labute approximate surface area is 105 Å². The third kappa shape index (κ3) is 3.08. The molecular weight excluding hydrogens is 208 g/mol. The predicted molar refractivity (Wildman–Crippen MR) is 72.7 cm³/mol. The van der Waals surface area contributed by atoms with E-state index in [1.807, 2.05) is 0 Å². The van der Waals surface area contributed by atoms with E-state index < -0.39 is 0 Å². The van der Waals surface area contributed by atoms with Crippen LogP contribution in [0.4, 0.5) is 0 Å². The zero-order valence-electron chi connectivity index (χ0n) is 11.0. The first kappa shape index (κ1) is 12.6. The summed E-state index contributed by atoms with van der Waals surface area (Å²) in [5.74, 6) is 0. The second-order valence-electron chi connectivity index (χ2n) is 5.33. The lowest BCUT2D eigenvalue weighted by atomic mass is 9.96. The summed E-state index contributed by atoms with van der Waals surface area (Å²) in [6, 6.07) is 10.1. The first-order chi connectivity index (χ1) is 8.20. The molecule has 2 N–H and O–H groups in total. The van der Waals surface area contributed by atoms with E-state index in [0.717, 1.165) is 6.54 Å². The summed E-state index contributed by atoms with van der Waals surface area (Å²) in [6.07, 6.45) is 4.05. The molecule has 1 aromatic rings. The van der Waals surface area contributed by atoms with Gasteiger partial charge in [-0.25, -0.2) is 0 Å². The van der Waals surface area contributed by atoms with E-state index in [2.05, 4.69) is 43.0 Å². The number of nitrogens with two attached hydrogens (primary N) is 1. The molecule has 1 aliphatic heterocycles. The van der Waals surface area contributed by atoms with Crippen molar-refractivity contribution in [2.75, 3.05) is 0 Å². The van der Waals surface area contributed by atoms with Crippen LogP contribution in [0.25, 0.3) is 0 Å². The van der Waals surface area contributed by atoms with Gasteiger partial charge in [0.05, 0.1) is 0 Å². The quantitative estimate of drug-likeness (QED) is 0.868. The van der Waals surface area contributed by atoms with Gasteiger partial charge in [-0.2, -0.15) is 0 Å². The predicted octanol–water partition coefficient (Wildman–Crippen LogP) is 2.91. The smallest absolute Gasteiger partial charge is 0.0239 e. The van der Waals surface area contributed by atoms with Crippen LogP contribution in [0.5, 0.6) is 0 Å². The normalized spacial score (nSPS) is 26.1. The summed E-state index contributed by atoms with van der Waals surface area (Å²) in [7, 11) is 0. The lowest BCUT2D eigenvalue weighted by Crippen LogP contribution is -2.42. The van der Waals surface area contributed by atoms with E-state index in [4.69, 9.17) is 5.73 Å². The van der Waals surface area contributed by atoms with Crippen molar-refractivity contribution in [1.82, 2.24) is 4.90 Å². The average molecular weight is 232 g/mol. The lowest BCUT2D eigenvalue weighted by molar-refractivity contribution is 0.0952. The van der Waals surface area contributed by atoms with Crippen molar-refractivity contribution in [3.63, 3.8) is 0 Å². The van der Waals surface area contributed by atoms with Crippen LogP contribution < -0.4 is 5.73 Å².